The molecular formula is C11H14NO2. The lowest BCUT2D eigenvalue weighted by Crippen LogP contribution is -2.14. The maximum Gasteiger partial charge on any atom is 0.253 e. The van der Waals surface area contributed by atoms with Crippen molar-refractivity contribution in [1.29, 1.82) is 0 Å². The SMILES string of the molecule is CC(C)COc1ccc[c]c1C(N)=O. The summed E-state index contributed by atoms with van der Waals surface area (Å²) in [5, 5.41) is 0. The van der Waals surface area contributed by atoms with Crippen LogP contribution >= 0.6 is 0 Å². The number of nitrogens with two attached hydrogens (primary N) is 1. The smallest absolute Gasteiger partial charge is 0.253 e. The molecule has 0 fully saturated rings. The molecule has 0 heterocycles. The van der Waals surface area contributed by atoms with Crippen molar-refractivity contribution in [3.8, 4) is 5.75 Å². The molecule has 0 unspecified atom stereocenters. The molecule has 0 aromatic heterocycles. The van der Waals surface area contributed by atoms with Crippen LogP contribution in [0.25, 0.3) is 0 Å². The number of benzene rings is 1. The topological polar surface area (TPSA) is 52.3 Å². The molecule has 0 spiro atoms. The molecule has 3 nitrogen and oxygen atoms in total. The summed E-state index contributed by atoms with van der Waals surface area (Å²) in [5.74, 6) is 0.411. The molecule has 0 bridgehead atoms. The van der Waals surface area contributed by atoms with E-state index < -0.39 is 5.91 Å². The fourth-order valence-electron chi connectivity index (χ4n) is 0.991. The zero-order valence-corrected chi connectivity index (χ0v) is 8.41. The van der Waals surface area contributed by atoms with Crippen molar-refractivity contribution in [2.75, 3.05) is 6.61 Å². The van der Waals surface area contributed by atoms with Crippen LogP contribution in [0.3, 0.4) is 0 Å². The molecule has 2 N–H and O–H groups in total. The van der Waals surface area contributed by atoms with Gasteiger partial charge >= 0.3 is 0 Å². The number of carbonyl (C=O) groups is 1. The summed E-state index contributed by atoms with van der Waals surface area (Å²) in [6.45, 7) is 4.64. The average molecular weight is 192 g/mol. The molecule has 1 amide bonds. The maximum absolute atomic E-state index is 11.0. The standard InChI is InChI=1S/C11H14NO2/c1-8(2)7-14-10-6-4-3-5-9(10)11(12)13/h3-4,6,8H,7H2,1-2H3,(H2,12,13). The van der Waals surface area contributed by atoms with Crippen LogP contribution < -0.4 is 10.5 Å². The van der Waals surface area contributed by atoms with E-state index in [1.165, 1.54) is 0 Å². The molecule has 1 aromatic rings. The zero-order valence-electron chi connectivity index (χ0n) is 8.41. The summed E-state index contributed by atoms with van der Waals surface area (Å²) in [6.07, 6.45) is 0. The summed E-state index contributed by atoms with van der Waals surface area (Å²) in [7, 11) is 0. The molecule has 3 heteroatoms. The van der Waals surface area contributed by atoms with Gasteiger partial charge in [0, 0.05) is 0 Å². The lowest BCUT2D eigenvalue weighted by molar-refractivity contribution is 0.0995. The molecule has 0 aliphatic carbocycles. The third-order valence-electron chi connectivity index (χ3n) is 1.64. The Morgan fingerprint density at radius 2 is 2.36 bits per heavy atom. The first-order valence-electron chi connectivity index (χ1n) is 4.54. The van der Waals surface area contributed by atoms with Gasteiger partial charge < -0.3 is 10.5 Å². The van der Waals surface area contributed by atoms with E-state index in [0.717, 1.165) is 0 Å². The Hall–Kier alpha value is -1.51. The van der Waals surface area contributed by atoms with Crippen molar-refractivity contribution in [2.45, 2.75) is 13.8 Å². The lowest BCUT2D eigenvalue weighted by atomic mass is 10.2. The van der Waals surface area contributed by atoms with E-state index in [4.69, 9.17) is 10.5 Å². The summed E-state index contributed by atoms with van der Waals surface area (Å²) < 4.78 is 5.43. The van der Waals surface area contributed by atoms with Crippen molar-refractivity contribution in [3.05, 3.63) is 29.8 Å². The van der Waals surface area contributed by atoms with E-state index in [2.05, 4.69) is 6.07 Å². The molecule has 0 saturated carbocycles. The van der Waals surface area contributed by atoms with Crippen molar-refractivity contribution in [2.24, 2.45) is 11.7 Å². The van der Waals surface area contributed by atoms with Crippen molar-refractivity contribution < 1.29 is 9.53 Å². The Bertz CT molecular complexity index is 321. The number of primary amides is 1. The fourth-order valence-corrected chi connectivity index (χ4v) is 0.991. The molecule has 0 atom stereocenters. The van der Waals surface area contributed by atoms with Crippen molar-refractivity contribution in [1.82, 2.24) is 0 Å². The second-order valence-electron chi connectivity index (χ2n) is 3.48. The van der Waals surface area contributed by atoms with Crippen LogP contribution in [-0.4, -0.2) is 12.5 Å². The molecule has 0 aliphatic heterocycles. The molecule has 1 radical (unpaired) electrons. The fraction of sp³-hybridized carbons (Fsp3) is 0.364. The maximum atomic E-state index is 11.0. The van der Waals surface area contributed by atoms with Gasteiger partial charge in [-0.15, -0.1) is 0 Å². The number of hydrogen-bond donors (Lipinski definition) is 1. The highest BCUT2D eigenvalue weighted by Crippen LogP contribution is 2.17. The van der Waals surface area contributed by atoms with Crippen LogP contribution in [0.5, 0.6) is 5.75 Å². The van der Waals surface area contributed by atoms with Crippen LogP contribution in [0.1, 0.15) is 24.2 Å². The van der Waals surface area contributed by atoms with Gasteiger partial charge in [-0.1, -0.05) is 26.0 Å². The monoisotopic (exact) mass is 192 g/mol. The second kappa shape index (κ2) is 4.65. The van der Waals surface area contributed by atoms with Gasteiger partial charge in [0.15, 0.2) is 0 Å². The number of hydrogen-bond acceptors (Lipinski definition) is 2. The highest BCUT2D eigenvalue weighted by molar-refractivity contribution is 5.95. The predicted molar refractivity (Wildman–Crippen MR) is 54.1 cm³/mol. The molecule has 14 heavy (non-hydrogen) atoms. The van der Waals surface area contributed by atoms with Gasteiger partial charge in [-0.3, -0.25) is 4.79 Å². The third-order valence-corrected chi connectivity index (χ3v) is 1.64. The van der Waals surface area contributed by atoms with Gasteiger partial charge in [-0.25, -0.2) is 0 Å². The van der Waals surface area contributed by atoms with E-state index in [-0.39, 0.29) is 0 Å². The summed E-state index contributed by atoms with van der Waals surface area (Å²) in [5.41, 5.74) is 5.48. The van der Waals surface area contributed by atoms with Gasteiger partial charge in [0.05, 0.1) is 12.2 Å². The number of carbonyl (C=O) groups excluding carboxylic acids is 1. The molecule has 1 aromatic carbocycles. The van der Waals surface area contributed by atoms with E-state index >= 15 is 0 Å². The van der Waals surface area contributed by atoms with Gasteiger partial charge in [0.1, 0.15) is 5.75 Å². The van der Waals surface area contributed by atoms with Crippen LogP contribution in [0.2, 0.25) is 0 Å². The Balaban J connectivity index is 2.79. The van der Waals surface area contributed by atoms with Gasteiger partial charge in [0.2, 0.25) is 0 Å². The van der Waals surface area contributed by atoms with Crippen LogP contribution in [-0.2, 0) is 0 Å². The number of ether oxygens (including phenoxy) is 1. The van der Waals surface area contributed by atoms with E-state index in [1.807, 2.05) is 13.8 Å². The Kier molecular flexibility index (Phi) is 3.51. The number of rotatable bonds is 4. The largest absolute Gasteiger partial charge is 0.492 e. The molecule has 0 aliphatic rings. The minimum atomic E-state index is -0.510. The first-order valence-corrected chi connectivity index (χ1v) is 4.54. The summed E-state index contributed by atoms with van der Waals surface area (Å²) >= 11 is 0. The zero-order chi connectivity index (χ0) is 10.6. The van der Waals surface area contributed by atoms with Gasteiger partial charge in [-0.05, 0) is 18.1 Å². The summed E-state index contributed by atoms with van der Waals surface area (Å²) in [4.78, 5) is 11.0. The van der Waals surface area contributed by atoms with Crippen LogP contribution in [0.4, 0.5) is 0 Å². The van der Waals surface area contributed by atoms with Gasteiger partial charge in [-0.2, -0.15) is 0 Å². The molecular weight excluding hydrogens is 178 g/mol. The Morgan fingerprint density at radius 3 is 2.93 bits per heavy atom. The first kappa shape index (κ1) is 10.6. The first-order chi connectivity index (χ1) is 6.61. The van der Waals surface area contributed by atoms with Crippen molar-refractivity contribution in [3.63, 3.8) is 0 Å². The second-order valence-corrected chi connectivity index (χ2v) is 3.48. The van der Waals surface area contributed by atoms with Crippen molar-refractivity contribution >= 4 is 5.91 Å². The lowest BCUT2D eigenvalue weighted by Gasteiger charge is -2.10. The Labute approximate surface area is 83.9 Å². The van der Waals surface area contributed by atoms with Crippen LogP contribution in [0.15, 0.2) is 18.2 Å². The normalized spacial score (nSPS) is 10.2. The van der Waals surface area contributed by atoms with Gasteiger partial charge in [0.25, 0.3) is 5.91 Å². The number of amides is 1. The minimum absolute atomic E-state index is 0.313. The third kappa shape index (κ3) is 2.76. The molecule has 1 rings (SSSR count). The molecule has 75 valence electrons. The predicted octanol–water partition coefficient (Wildman–Crippen LogP) is 1.62. The van der Waals surface area contributed by atoms with Crippen LogP contribution in [0, 0.1) is 12.0 Å². The summed E-state index contributed by atoms with van der Waals surface area (Å²) in [6, 6.07) is 7.89. The highest BCUT2D eigenvalue weighted by atomic mass is 16.5. The average Bonchev–Trinajstić information content (AvgIpc) is 2.15. The highest BCUT2D eigenvalue weighted by Gasteiger charge is 2.08. The van der Waals surface area contributed by atoms with E-state index in [0.29, 0.717) is 23.8 Å². The molecule has 0 saturated heterocycles. The quantitative estimate of drug-likeness (QED) is 0.788. The minimum Gasteiger partial charge on any atom is -0.492 e. The van der Waals surface area contributed by atoms with E-state index in [9.17, 15) is 4.79 Å². The van der Waals surface area contributed by atoms with E-state index in [1.54, 1.807) is 18.2 Å². The Morgan fingerprint density at radius 1 is 1.64 bits per heavy atom.